The van der Waals surface area contributed by atoms with Gasteiger partial charge in [0.05, 0.1) is 13.6 Å². The first-order chi connectivity index (χ1) is 8.29. The van der Waals surface area contributed by atoms with Gasteiger partial charge in [-0.3, -0.25) is 4.79 Å². The molecule has 0 aliphatic carbocycles. The summed E-state index contributed by atoms with van der Waals surface area (Å²) in [5.74, 6) is 1.11. The summed E-state index contributed by atoms with van der Waals surface area (Å²) in [7, 11) is 1.87. The number of hydrogen-bond acceptors (Lipinski definition) is 2. The summed E-state index contributed by atoms with van der Waals surface area (Å²) in [6.45, 7) is 0.969. The monoisotopic (exact) mass is 230 g/mol. The lowest BCUT2D eigenvalue weighted by molar-refractivity contribution is -0.684. The maximum absolute atomic E-state index is 12.2. The van der Waals surface area contributed by atoms with Crippen molar-refractivity contribution in [2.75, 3.05) is 0 Å². The van der Waals surface area contributed by atoms with Gasteiger partial charge in [-0.15, -0.1) is 4.98 Å². The van der Waals surface area contributed by atoms with Gasteiger partial charge in [0.15, 0.2) is 0 Å². The van der Waals surface area contributed by atoms with E-state index in [1.54, 1.807) is 10.8 Å². The summed E-state index contributed by atoms with van der Waals surface area (Å²) in [5, 5.41) is 0.723. The van der Waals surface area contributed by atoms with Crippen LogP contribution in [0.25, 0.3) is 11.0 Å². The summed E-state index contributed by atoms with van der Waals surface area (Å²) < 4.78 is 4.00. The summed E-state index contributed by atoms with van der Waals surface area (Å²) in [6.07, 6.45) is 6.29. The molecule has 0 N–H and O–H groups in total. The predicted octanol–water partition coefficient (Wildman–Crippen LogP) is 0.947. The molecule has 0 saturated heterocycles. The molecule has 2 aromatic heterocycles. The van der Waals surface area contributed by atoms with Gasteiger partial charge in [-0.2, -0.15) is 0 Å². The molecule has 4 heteroatoms. The highest BCUT2D eigenvalue weighted by atomic mass is 16.1. The van der Waals surface area contributed by atoms with E-state index in [2.05, 4.69) is 9.55 Å². The number of nitrogens with zero attached hydrogens (tertiary/aromatic N) is 3. The lowest BCUT2D eigenvalue weighted by Gasteiger charge is -2.09. The van der Waals surface area contributed by atoms with Crippen LogP contribution < -0.4 is 10.1 Å². The van der Waals surface area contributed by atoms with Crippen molar-refractivity contribution in [1.29, 1.82) is 0 Å². The molecule has 1 aliphatic heterocycles. The zero-order chi connectivity index (χ0) is 11.8. The minimum Gasteiger partial charge on any atom is -0.250 e. The van der Waals surface area contributed by atoms with Crippen molar-refractivity contribution in [3.05, 3.63) is 34.5 Å². The van der Waals surface area contributed by atoms with Gasteiger partial charge in [0, 0.05) is 6.42 Å². The number of aryl methyl sites for hydroxylation is 1. The molecular weight excluding hydrogens is 214 g/mol. The molecule has 4 nitrogen and oxygen atoms in total. The fourth-order valence-corrected chi connectivity index (χ4v) is 2.65. The smallest absolute Gasteiger partial charge is 0.250 e. The second kappa shape index (κ2) is 3.95. The van der Waals surface area contributed by atoms with Crippen molar-refractivity contribution < 1.29 is 4.57 Å². The average Bonchev–Trinajstić information content (AvgIpc) is 2.62. The van der Waals surface area contributed by atoms with E-state index in [0.717, 1.165) is 36.2 Å². The van der Waals surface area contributed by atoms with Crippen LogP contribution in [0.15, 0.2) is 23.1 Å². The molecule has 0 spiro atoms. The second-order valence-corrected chi connectivity index (χ2v) is 4.62. The van der Waals surface area contributed by atoms with Gasteiger partial charge in [0.2, 0.25) is 5.82 Å². The molecular formula is C13H16N3O+. The number of rotatable bonds is 0. The highest BCUT2D eigenvalue weighted by Gasteiger charge is 2.22. The van der Waals surface area contributed by atoms with Crippen molar-refractivity contribution in [3.63, 3.8) is 0 Å². The van der Waals surface area contributed by atoms with Gasteiger partial charge in [0.25, 0.3) is 5.65 Å². The van der Waals surface area contributed by atoms with Crippen LogP contribution in [0, 0.1) is 0 Å². The van der Waals surface area contributed by atoms with E-state index in [4.69, 9.17) is 0 Å². The summed E-state index contributed by atoms with van der Waals surface area (Å²) in [4.78, 5) is 16.6. The van der Waals surface area contributed by atoms with Crippen LogP contribution in [0.5, 0.6) is 0 Å². The van der Waals surface area contributed by atoms with E-state index in [0.29, 0.717) is 0 Å². The fourth-order valence-electron chi connectivity index (χ4n) is 2.65. The van der Waals surface area contributed by atoms with E-state index >= 15 is 0 Å². The van der Waals surface area contributed by atoms with Crippen LogP contribution in [0.3, 0.4) is 0 Å². The number of hydrogen-bond donors (Lipinski definition) is 0. The summed E-state index contributed by atoms with van der Waals surface area (Å²) in [5.41, 5.74) is 0.911. The van der Waals surface area contributed by atoms with Crippen LogP contribution in [0.2, 0.25) is 0 Å². The Hall–Kier alpha value is -1.71. The maximum Gasteiger partial charge on any atom is 0.320 e. The number of fused-ring (bicyclic) bond motifs is 3. The third-order valence-corrected chi connectivity index (χ3v) is 3.56. The Labute approximate surface area is 99.5 Å². The molecule has 88 valence electrons. The first kappa shape index (κ1) is 10.4. The van der Waals surface area contributed by atoms with Crippen molar-refractivity contribution >= 4 is 11.0 Å². The lowest BCUT2D eigenvalue weighted by Crippen LogP contribution is -2.45. The molecule has 0 amide bonds. The standard InChI is InChI=1S/C13H16N3O/c1-15-11-7-3-2-4-9-16(11)12-10(13(15)17)6-5-8-14-12/h5-6,8H,2-4,7,9H2,1H3/q+1. The summed E-state index contributed by atoms with van der Waals surface area (Å²) >= 11 is 0. The first-order valence-corrected chi connectivity index (χ1v) is 6.15. The fraction of sp³-hybridized carbons (Fsp3) is 0.462. The molecule has 0 aromatic carbocycles. The molecule has 1 aliphatic rings. The topological polar surface area (TPSA) is 38.8 Å². The lowest BCUT2D eigenvalue weighted by atomic mass is 10.2. The molecule has 2 aromatic rings. The summed E-state index contributed by atoms with van der Waals surface area (Å²) in [6, 6.07) is 3.69. The molecule has 0 fully saturated rings. The van der Waals surface area contributed by atoms with Gasteiger partial charge >= 0.3 is 5.56 Å². The predicted molar refractivity (Wildman–Crippen MR) is 64.7 cm³/mol. The Bertz CT molecular complexity index is 630. The van der Waals surface area contributed by atoms with Crippen LogP contribution in [-0.2, 0) is 20.0 Å². The zero-order valence-electron chi connectivity index (χ0n) is 10.0. The van der Waals surface area contributed by atoms with Gasteiger partial charge in [-0.1, -0.05) is 0 Å². The Morgan fingerprint density at radius 1 is 1.35 bits per heavy atom. The minimum atomic E-state index is 0.0706. The molecule has 0 unspecified atom stereocenters. The van der Waals surface area contributed by atoms with Crippen LogP contribution in [0.4, 0.5) is 0 Å². The first-order valence-electron chi connectivity index (χ1n) is 6.15. The van der Waals surface area contributed by atoms with E-state index in [1.807, 2.05) is 19.2 Å². The zero-order valence-corrected chi connectivity index (χ0v) is 10.0. The third-order valence-electron chi connectivity index (χ3n) is 3.56. The van der Waals surface area contributed by atoms with Gasteiger partial charge < -0.3 is 0 Å². The SMILES string of the molecule is Cn1c2[n+](c3ncccc3c1=O)CCCCC2. The van der Waals surface area contributed by atoms with E-state index < -0.39 is 0 Å². The van der Waals surface area contributed by atoms with Crippen molar-refractivity contribution in [2.45, 2.75) is 32.2 Å². The maximum atomic E-state index is 12.2. The van der Waals surface area contributed by atoms with E-state index in [9.17, 15) is 4.79 Å². The van der Waals surface area contributed by atoms with Crippen molar-refractivity contribution in [3.8, 4) is 0 Å². The Balaban J connectivity index is 2.44. The number of pyridine rings is 1. The van der Waals surface area contributed by atoms with E-state index in [-0.39, 0.29) is 5.56 Å². The molecule has 3 heterocycles. The number of aromatic nitrogens is 3. The van der Waals surface area contributed by atoms with Gasteiger partial charge in [-0.05, 0) is 31.4 Å². The third kappa shape index (κ3) is 1.55. The molecule has 3 rings (SSSR count). The second-order valence-electron chi connectivity index (χ2n) is 4.62. The quantitative estimate of drug-likeness (QED) is 0.632. The highest BCUT2D eigenvalue weighted by molar-refractivity contribution is 5.69. The normalized spacial score (nSPS) is 15.6. The van der Waals surface area contributed by atoms with Gasteiger partial charge in [0.1, 0.15) is 11.6 Å². The Morgan fingerprint density at radius 2 is 2.24 bits per heavy atom. The van der Waals surface area contributed by atoms with Crippen LogP contribution in [0.1, 0.15) is 25.1 Å². The molecule has 0 saturated carbocycles. The Morgan fingerprint density at radius 3 is 3.12 bits per heavy atom. The van der Waals surface area contributed by atoms with Crippen LogP contribution in [-0.4, -0.2) is 9.55 Å². The average molecular weight is 230 g/mol. The largest absolute Gasteiger partial charge is 0.320 e. The molecule has 0 atom stereocenters. The van der Waals surface area contributed by atoms with Crippen molar-refractivity contribution in [2.24, 2.45) is 7.05 Å². The van der Waals surface area contributed by atoms with Crippen molar-refractivity contribution in [1.82, 2.24) is 9.55 Å². The minimum absolute atomic E-state index is 0.0706. The van der Waals surface area contributed by atoms with Gasteiger partial charge in [-0.25, -0.2) is 9.13 Å². The van der Waals surface area contributed by atoms with E-state index in [1.165, 1.54) is 12.8 Å². The molecule has 0 bridgehead atoms. The Kier molecular flexibility index (Phi) is 2.42. The molecule has 0 radical (unpaired) electrons. The van der Waals surface area contributed by atoms with Crippen LogP contribution >= 0.6 is 0 Å². The highest BCUT2D eigenvalue weighted by Crippen LogP contribution is 2.10. The molecule has 17 heavy (non-hydrogen) atoms.